The van der Waals surface area contributed by atoms with Gasteiger partial charge in [-0.1, -0.05) is 6.08 Å². The number of anilines is 2. The van der Waals surface area contributed by atoms with Crippen molar-refractivity contribution >= 4 is 34.6 Å². The summed E-state index contributed by atoms with van der Waals surface area (Å²) in [6.45, 7) is 0. The number of fused-ring (bicyclic) bond motifs is 6. The second kappa shape index (κ2) is 7.41. The van der Waals surface area contributed by atoms with Gasteiger partial charge in [-0.3, -0.25) is 29.8 Å². The number of pyridine rings is 2. The van der Waals surface area contributed by atoms with Gasteiger partial charge in [0.15, 0.2) is 11.6 Å². The van der Waals surface area contributed by atoms with Gasteiger partial charge in [0.2, 0.25) is 0 Å². The standard InChI is InChI=1S/C20H17N7O6/c21-13-7-14(28)18-19-20(29)12(5-6-24(19)15-3-1-10(8-22-15)26(30)31)17(13)25(18)16-4-2-11(9-23-16)27(32)33/h1-6,8-9,12-13,17-19H,7,21H2. The quantitative estimate of drug-likeness (QED) is 0.512. The summed E-state index contributed by atoms with van der Waals surface area (Å²) in [6, 6.07) is 2.32. The second-order valence-electron chi connectivity index (χ2n) is 8.06. The summed E-state index contributed by atoms with van der Waals surface area (Å²) in [7, 11) is 0. The molecule has 13 nitrogen and oxygen atoms in total. The van der Waals surface area contributed by atoms with Gasteiger partial charge < -0.3 is 15.5 Å². The van der Waals surface area contributed by atoms with E-state index < -0.39 is 39.9 Å². The Morgan fingerprint density at radius 3 is 2.09 bits per heavy atom. The van der Waals surface area contributed by atoms with E-state index in [1.807, 2.05) is 0 Å². The Hall–Kier alpha value is -4.26. The number of nitro groups is 2. The topological polar surface area (TPSA) is 179 Å². The first kappa shape index (κ1) is 20.6. The van der Waals surface area contributed by atoms with Crippen molar-refractivity contribution in [3.05, 3.63) is 69.2 Å². The molecule has 0 amide bonds. The Morgan fingerprint density at radius 2 is 1.55 bits per heavy atom. The number of nitrogens with two attached hydrogens (primary N) is 1. The lowest BCUT2D eigenvalue weighted by Crippen LogP contribution is -2.76. The Morgan fingerprint density at radius 1 is 0.939 bits per heavy atom. The van der Waals surface area contributed by atoms with E-state index in [-0.39, 0.29) is 35.2 Å². The van der Waals surface area contributed by atoms with Crippen molar-refractivity contribution in [2.75, 3.05) is 9.80 Å². The Labute approximate surface area is 185 Å². The molecule has 3 aliphatic rings. The number of hydrogen-bond donors (Lipinski definition) is 1. The minimum atomic E-state index is -0.956. The fourth-order valence-corrected chi connectivity index (χ4v) is 4.88. The molecule has 5 unspecified atom stereocenters. The number of aromatic nitrogens is 2. The van der Waals surface area contributed by atoms with Crippen molar-refractivity contribution in [3.63, 3.8) is 0 Å². The highest BCUT2D eigenvalue weighted by molar-refractivity contribution is 6.05. The van der Waals surface area contributed by atoms with E-state index in [1.54, 1.807) is 17.2 Å². The molecule has 3 aliphatic heterocycles. The first-order valence-electron chi connectivity index (χ1n) is 10.1. The van der Waals surface area contributed by atoms with Gasteiger partial charge in [0.25, 0.3) is 11.4 Å². The molecule has 0 aromatic carbocycles. The number of hydrogen-bond acceptors (Lipinski definition) is 11. The van der Waals surface area contributed by atoms with Gasteiger partial charge in [-0.25, -0.2) is 9.97 Å². The maximum atomic E-state index is 13.4. The molecule has 0 saturated carbocycles. The molecule has 2 aromatic heterocycles. The molecular formula is C20H17N7O6. The molecule has 33 heavy (non-hydrogen) atoms. The van der Waals surface area contributed by atoms with Crippen LogP contribution in [0.25, 0.3) is 0 Å². The third kappa shape index (κ3) is 3.12. The number of nitrogens with zero attached hydrogens (tertiary/aromatic N) is 6. The number of carbonyl (C=O) groups excluding carboxylic acids is 2. The summed E-state index contributed by atoms with van der Waals surface area (Å²) in [6.07, 6.45) is 5.57. The highest BCUT2D eigenvalue weighted by atomic mass is 16.6. The van der Waals surface area contributed by atoms with Crippen LogP contribution in [-0.2, 0) is 9.59 Å². The van der Waals surface area contributed by atoms with Crippen LogP contribution >= 0.6 is 0 Å². The molecule has 0 aliphatic carbocycles. The summed E-state index contributed by atoms with van der Waals surface area (Å²) in [4.78, 5) is 58.9. The fraction of sp³-hybridized carbons (Fsp3) is 0.300. The van der Waals surface area contributed by atoms with Gasteiger partial charge in [-0.15, -0.1) is 0 Å². The van der Waals surface area contributed by atoms with Gasteiger partial charge in [-0.05, 0) is 12.1 Å². The van der Waals surface area contributed by atoms with Crippen LogP contribution in [0.5, 0.6) is 0 Å². The van der Waals surface area contributed by atoms with Crippen LogP contribution in [0.15, 0.2) is 48.9 Å². The van der Waals surface area contributed by atoms with E-state index in [2.05, 4.69) is 9.97 Å². The van der Waals surface area contributed by atoms with E-state index in [4.69, 9.17) is 5.73 Å². The van der Waals surface area contributed by atoms with Crippen molar-refractivity contribution in [2.45, 2.75) is 30.6 Å². The van der Waals surface area contributed by atoms with Crippen LogP contribution in [0.4, 0.5) is 23.0 Å². The zero-order valence-electron chi connectivity index (χ0n) is 16.9. The van der Waals surface area contributed by atoms with Crippen molar-refractivity contribution < 1.29 is 19.4 Å². The van der Waals surface area contributed by atoms with Crippen LogP contribution in [0, 0.1) is 26.1 Å². The van der Waals surface area contributed by atoms with Crippen LogP contribution in [0.1, 0.15) is 6.42 Å². The van der Waals surface area contributed by atoms with E-state index in [1.165, 1.54) is 29.2 Å². The van der Waals surface area contributed by atoms with Gasteiger partial charge in [0, 0.05) is 30.8 Å². The zero-order chi connectivity index (χ0) is 23.4. The summed E-state index contributed by atoms with van der Waals surface area (Å²) in [5.74, 6) is -0.534. The second-order valence-corrected chi connectivity index (χ2v) is 8.06. The molecule has 2 aromatic rings. The normalized spacial score (nSPS) is 28.1. The lowest BCUT2D eigenvalue weighted by atomic mass is 9.69. The van der Waals surface area contributed by atoms with Crippen molar-refractivity contribution in [1.29, 1.82) is 0 Å². The van der Waals surface area contributed by atoms with Gasteiger partial charge in [-0.2, -0.15) is 0 Å². The van der Waals surface area contributed by atoms with Gasteiger partial charge in [0.05, 0.1) is 21.8 Å². The SMILES string of the molecule is NC1CC(=O)C2C3C(=O)C(C=CN3c3ccc([N+](=O)[O-])cn3)C1N2c1ccc([N+](=O)[O-])cn1. The number of piperidine rings is 2. The molecule has 0 spiro atoms. The molecule has 4 bridgehead atoms. The largest absolute Gasteiger partial charge is 0.338 e. The first-order chi connectivity index (χ1) is 15.8. The molecule has 5 heterocycles. The van der Waals surface area contributed by atoms with E-state index in [9.17, 15) is 29.8 Å². The van der Waals surface area contributed by atoms with Crippen LogP contribution in [0.3, 0.4) is 0 Å². The smallest absolute Gasteiger partial charge is 0.287 e. The third-order valence-corrected chi connectivity index (χ3v) is 6.28. The number of rotatable bonds is 4. The fourth-order valence-electron chi connectivity index (χ4n) is 4.88. The number of ketones is 2. The molecule has 2 fully saturated rings. The molecule has 168 valence electrons. The Bertz CT molecular complexity index is 1200. The van der Waals surface area contributed by atoms with E-state index in [0.717, 1.165) is 12.4 Å². The lowest BCUT2D eigenvalue weighted by molar-refractivity contribution is -0.385. The zero-order valence-corrected chi connectivity index (χ0v) is 16.9. The summed E-state index contributed by atoms with van der Waals surface area (Å²) in [5, 5.41) is 22.0. The summed E-state index contributed by atoms with van der Waals surface area (Å²) < 4.78 is 0. The molecule has 2 N–H and O–H groups in total. The molecular weight excluding hydrogens is 434 g/mol. The van der Waals surface area contributed by atoms with Gasteiger partial charge >= 0.3 is 0 Å². The predicted molar refractivity (Wildman–Crippen MR) is 113 cm³/mol. The highest BCUT2D eigenvalue weighted by Crippen LogP contribution is 2.42. The molecule has 2 saturated heterocycles. The molecule has 5 rings (SSSR count). The number of Topliss-reactive ketones (excluding diaryl/α,β-unsaturated/α-hetero) is 2. The third-order valence-electron chi connectivity index (χ3n) is 6.28. The number of carbonyl (C=O) groups is 2. The molecule has 0 radical (unpaired) electrons. The van der Waals surface area contributed by atoms with Crippen molar-refractivity contribution in [2.24, 2.45) is 11.7 Å². The van der Waals surface area contributed by atoms with Crippen molar-refractivity contribution in [3.8, 4) is 0 Å². The van der Waals surface area contributed by atoms with E-state index >= 15 is 0 Å². The average molecular weight is 451 g/mol. The van der Waals surface area contributed by atoms with Crippen LogP contribution in [-0.4, -0.2) is 55.5 Å². The molecule has 13 heteroatoms. The lowest BCUT2D eigenvalue weighted by Gasteiger charge is -2.56. The Balaban J connectivity index is 1.60. The summed E-state index contributed by atoms with van der Waals surface area (Å²) >= 11 is 0. The van der Waals surface area contributed by atoms with Crippen LogP contribution in [0.2, 0.25) is 0 Å². The minimum Gasteiger partial charge on any atom is -0.338 e. The van der Waals surface area contributed by atoms with E-state index in [0.29, 0.717) is 5.82 Å². The minimum absolute atomic E-state index is 0.0640. The predicted octanol–water partition coefficient (Wildman–Crippen LogP) is 0.738. The van der Waals surface area contributed by atoms with Gasteiger partial charge in [0.1, 0.15) is 36.1 Å². The Kier molecular flexibility index (Phi) is 4.63. The van der Waals surface area contributed by atoms with Crippen molar-refractivity contribution in [1.82, 2.24) is 9.97 Å². The monoisotopic (exact) mass is 451 g/mol. The maximum Gasteiger partial charge on any atom is 0.287 e. The maximum absolute atomic E-state index is 13.4. The molecule has 5 atom stereocenters. The first-order valence-corrected chi connectivity index (χ1v) is 10.1. The highest BCUT2D eigenvalue weighted by Gasteiger charge is 2.59. The summed E-state index contributed by atoms with van der Waals surface area (Å²) in [5.41, 5.74) is 5.89. The van der Waals surface area contributed by atoms with Crippen LogP contribution < -0.4 is 15.5 Å². The average Bonchev–Trinajstić information content (AvgIpc) is 2.78.